The number of benzene rings is 1. The fraction of sp³-hybridized carbons (Fsp3) is 0.500. The Kier molecular flexibility index (Phi) is 2.75. The molecule has 0 radical (unpaired) electrons. The maximum Gasteiger partial charge on any atom is 0.140 e. The summed E-state index contributed by atoms with van der Waals surface area (Å²) in [7, 11) is 1.67. The van der Waals surface area contributed by atoms with Crippen LogP contribution >= 0.6 is 0 Å². The van der Waals surface area contributed by atoms with E-state index in [9.17, 15) is 4.79 Å². The zero-order valence-electron chi connectivity index (χ0n) is 10.1. The molecule has 0 spiro atoms. The molecule has 0 saturated heterocycles. The molecule has 2 heteroatoms. The van der Waals surface area contributed by atoms with Crippen LogP contribution in [0.3, 0.4) is 0 Å². The molecule has 1 aromatic carbocycles. The third kappa shape index (κ3) is 1.53. The van der Waals surface area contributed by atoms with E-state index in [1.807, 2.05) is 18.2 Å². The molecule has 0 aliphatic heterocycles. The van der Waals surface area contributed by atoms with Gasteiger partial charge in [0.25, 0.3) is 0 Å². The first-order valence-corrected chi connectivity index (χ1v) is 5.79. The van der Waals surface area contributed by atoms with E-state index in [1.54, 1.807) is 7.11 Å². The molecule has 1 fully saturated rings. The number of ether oxygens (including phenoxy) is 1. The summed E-state index contributed by atoms with van der Waals surface area (Å²) in [5, 5.41) is 0. The minimum absolute atomic E-state index is 0.160. The predicted octanol–water partition coefficient (Wildman–Crippen LogP) is 3.17. The van der Waals surface area contributed by atoms with Gasteiger partial charge in [-0.1, -0.05) is 26.0 Å². The normalized spacial score (nSPS) is 28.7. The number of methoxy groups -OCH3 is 1. The Morgan fingerprint density at radius 2 is 2.25 bits per heavy atom. The van der Waals surface area contributed by atoms with Crippen molar-refractivity contribution >= 4 is 5.78 Å². The van der Waals surface area contributed by atoms with Crippen molar-refractivity contribution in [2.75, 3.05) is 7.11 Å². The average molecular weight is 218 g/mol. The largest absolute Gasteiger partial charge is 0.497 e. The van der Waals surface area contributed by atoms with Gasteiger partial charge in [0.15, 0.2) is 0 Å². The third-order valence-electron chi connectivity index (χ3n) is 4.03. The Morgan fingerprint density at radius 3 is 2.81 bits per heavy atom. The molecule has 1 aromatic rings. The Hall–Kier alpha value is -1.31. The number of Topliss-reactive ketones (excluding diaryl/α,β-unsaturated/α-hetero) is 1. The second kappa shape index (κ2) is 3.93. The lowest BCUT2D eigenvalue weighted by atomic mass is 9.56. The van der Waals surface area contributed by atoms with Gasteiger partial charge in [-0.05, 0) is 24.1 Å². The van der Waals surface area contributed by atoms with Crippen LogP contribution in [-0.2, 0) is 4.79 Å². The number of hydrogen-bond acceptors (Lipinski definition) is 2. The van der Waals surface area contributed by atoms with Crippen LogP contribution in [0.25, 0.3) is 0 Å². The molecular formula is C14H18O2. The predicted molar refractivity (Wildman–Crippen MR) is 63.8 cm³/mol. The molecule has 0 heterocycles. The van der Waals surface area contributed by atoms with E-state index in [4.69, 9.17) is 4.74 Å². The van der Waals surface area contributed by atoms with E-state index in [-0.39, 0.29) is 5.41 Å². The van der Waals surface area contributed by atoms with Crippen molar-refractivity contribution in [2.24, 2.45) is 5.41 Å². The van der Waals surface area contributed by atoms with Gasteiger partial charge in [0.2, 0.25) is 0 Å². The molecule has 0 aromatic heterocycles. The molecule has 2 unspecified atom stereocenters. The van der Waals surface area contributed by atoms with Crippen molar-refractivity contribution in [1.29, 1.82) is 0 Å². The third-order valence-corrected chi connectivity index (χ3v) is 4.03. The van der Waals surface area contributed by atoms with Gasteiger partial charge in [-0.25, -0.2) is 0 Å². The van der Waals surface area contributed by atoms with Crippen molar-refractivity contribution in [3.8, 4) is 5.75 Å². The molecule has 0 N–H and O–H groups in total. The van der Waals surface area contributed by atoms with Crippen molar-refractivity contribution in [3.63, 3.8) is 0 Å². The summed E-state index contributed by atoms with van der Waals surface area (Å²) in [6, 6.07) is 8.07. The molecule has 2 rings (SSSR count). The highest BCUT2D eigenvalue weighted by Crippen LogP contribution is 2.52. The summed E-state index contributed by atoms with van der Waals surface area (Å²) in [5.74, 6) is 1.62. The topological polar surface area (TPSA) is 26.3 Å². The Labute approximate surface area is 96.6 Å². The van der Waals surface area contributed by atoms with E-state index >= 15 is 0 Å². The van der Waals surface area contributed by atoms with E-state index in [0.717, 1.165) is 12.2 Å². The molecule has 1 aliphatic rings. The quantitative estimate of drug-likeness (QED) is 0.779. The van der Waals surface area contributed by atoms with Gasteiger partial charge < -0.3 is 4.74 Å². The first-order chi connectivity index (χ1) is 7.61. The van der Waals surface area contributed by atoms with Crippen LogP contribution in [-0.4, -0.2) is 12.9 Å². The monoisotopic (exact) mass is 218 g/mol. The SMILES string of the molecule is CCC1(C)C(=O)CC1c1cccc(OC)c1. The van der Waals surface area contributed by atoms with Crippen LogP contribution in [0.4, 0.5) is 0 Å². The lowest BCUT2D eigenvalue weighted by molar-refractivity contribution is -0.139. The Balaban J connectivity index is 2.28. The maximum atomic E-state index is 11.7. The standard InChI is InChI=1S/C14H18O2/c1-4-14(2)12(9-13(14)15)10-6-5-7-11(8-10)16-3/h5-8,12H,4,9H2,1-3H3. The zero-order chi connectivity index (χ0) is 11.8. The maximum absolute atomic E-state index is 11.7. The number of carbonyl (C=O) groups is 1. The van der Waals surface area contributed by atoms with Gasteiger partial charge in [0, 0.05) is 17.8 Å². The van der Waals surface area contributed by atoms with E-state index < -0.39 is 0 Å². The van der Waals surface area contributed by atoms with Crippen LogP contribution < -0.4 is 4.74 Å². The molecule has 0 amide bonds. The van der Waals surface area contributed by atoms with Gasteiger partial charge in [-0.3, -0.25) is 4.79 Å². The van der Waals surface area contributed by atoms with Crippen LogP contribution in [0.5, 0.6) is 5.75 Å². The lowest BCUT2D eigenvalue weighted by Crippen LogP contribution is -2.45. The average Bonchev–Trinajstić information content (AvgIpc) is 2.34. The molecule has 16 heavy (non-hydrogen) atoms. The second-order valence-electron chi connectivity index (χ2n) is 4.73. The van der Waals surface area contributed by atoms with Gasteiger partial charge in [0.1, 0.15) is 11.5 Å². The fourth-order valence-electron chi connectivity index (χ4n) is 2.49. The highest BCUT2D eigenvalue weighted by atomic mass is 16.5. The van der Waals surface area contributed by atoms with Gasteiger partial charge in [0.05, 0.1) is 7.11 Å². The number of rotatable bonds is 3. The fourth-order valence-corrected chi connectivity index (χ4v) is 2.49. The molecule has 2 atom stereocenters. The van der Waals surface area contributed by atoms with E-state index in [2.05, 4.69) is 19.9 Å². The number of hydrogen-bond donors (Lipinski definition) is 0. The summed E-state index contributed by atoms with van der Waals surface area (Å²) in [6.07, 6.45) is 1.59. The first kappa shape index (κ1) is 11.2. The van der Waals surface area contributed by atoms with Crippen LogP contribution in [0, 0.1) is 5.41 Å². The van der Waals surface area contributed by atoms with E-state index in [1.165, 1.54) is 5.56 Å². The van der Waals surface area contributed by atoms with Gasteiger partial charge in [-0.2, -0.15) is 0 Å². The summed E-state index contributed by atoms with van der Waals surface area (Å²) >= 11 is 0. The van der Waals surface area contributed by atoms with Crippen molar-refractivity contribution < 1.29 is 9.53 Å². The molecule has 0 bridgehead atoms. The van der Waals surface area contributed by atoms with E-state index in [0.29, 0.717) is 18.1 Å². The van der Waals surface area contributed by atoms with Crippen LogP contribution in [0.1, 0.15) is 38.2 Å². The van der Waals surface area contributed by atoms with Crippen LogP contribution in [0.15, 0.2) is 24.3 Å². The first-order valence-electron chi connectivity index (χ1n) is 5.79. The lowest BCUT2D eigenvalue weighted by Gasteiger charge is -2.45. The molecule has 86 valence electrons. The smallest absolute Gasteiger partial charge is 0.140 e. The number of carbonyl (C=O) groups excluding carboxylic acids is 1. The minimum atomic E-state index is -0.160. The zero-order valence-corrected chi connectivity index (χ0v) is 10.1. The molecule has 1 saturated carbocycles. The summed E-state index contributed by atoms with van der Waals surface area (Å²) in [5.41, 5.74) is 1.06. The van der Waals surface area contributed by atoms with Crippen molar-refractivity contribution in [3.05, 3.63) is 29.8 Å². The van der Waals surface area contributed by atoms with Crippen LogP contribution in [0.2, 0.25) is 0 Å². The highest BCUT2D eigenvalue weighted by Gasteiger charge is 2.50. The van der Waals surface area contributed by atoms with Crippen molar-refractivity contribution in [2.45, 2.75) is 32.6 Å². The summed E-state index contributed by atoms with van der Waals surface area (Å²) < 4.78 is 5.22. The van der Waals surface area contributed by atoms with Gasteiger partial charge >= 0.3 is 0 Å². The number of ketones is 1. The summed E-state index contributed by atoms with van der Waals surface area (Å²) in [4.78, 5) is 11.7. The van der Waals surface area contributed by atoms with Gasteiger partial charge in [-0.15, -0.1) is 0 Å². The molecule has 2 nitrogen and oxygen atoms in total. The Morgan fingerprint density at radius 1 is 1.50 bits per heavy atom. The molecular weight excluding hydrogens is 200 g/mol. The Bertz CT molecular complexity index is 411. The highest BCUT2D eigenvalue weighted by molar-refractivity contribution is 5.93. The molecule has 1 aliphatic carbocycles. The summed E-state index contributed by atoms with van der Waals surface area (Å²) in [6.45, 7) is 4.16. The second-order valence-corrected chi connectivity index (χ2v) is 4.73. The van der Waals surface area contributed by atoms with Crippen molar-refractivity contribution in [1.82, 2.24) is 0 Å². The minimum Gasteiger partial charge on any atom is -0.497 e.